The molecule has 0 aliphatic heterocycles. The summed E-state index contributed by atoms with van der Waals surface area (Å²) in [5.74, 6) is 6.38. The second-order valence-corrected chi connectivity index (χ2v) is 4.53. The molecule has 0 fully saturated rings. The van der Waals surface area contributed by atoms with Gasteiger partial charge < -0.3 is 5.73 Å². The minimum absolute atomic E-state index is 0.610. The molecule has 0 aliphatic carbocycles. The Morgan fingerprint density at radius 2 is 1.53 bits per heavy atom. The molecule has 0 amide bonds. The quantitative estimate of drug-likeness (QED) is 0.513. The highest BCUT2D eigenvalue weighted by Crippen LogP contribution is 2.28. The molecule has 1 nitrogen and oxygen atoms in total. The SMILES string of the molecule is NCCC#Cc1cc2ccccc2c2ccccc12. The fourth-order valence-electron chi connectivity index (χ4n) is 2.39. The van der Waals surface area contributed by atoms with Gasteiger partial charge in [0.1, 0.15) is 0 Å². The molecule has 92 valence electrons. The summed E-state index contributed by atoms with van der Waals surface area (Å²) in [6, 6.07) is 19.0. The van der Waals surface area contributed by atoms with Crippen LogP contribution in [0, 0.1) is 11.8 Å². The van der Waals surface area contributed by atoms with Gasteiger partial charge in [-0.3, -0.25) is 0 Å². The predicted molar refractivity (Wildman–Crippen MR) is 82.0 cm³/mol. The molecule has 3 aromatic rings. The standard InChI is InChI=1S/C18H15N/c19-12-6-5-8-15-13-14-7-1-2-9-16(14)18-11-4-3-10-17(15)18/h1-4,7,9-11,13H,6,12,19H2. The molecule has 0 bridgehead atoms. The summed E-state index contributed by atoms with van der Waals surface area (Å²) in [7, 11) is 0. The normalized spacial score (nSPS) is 10.4. The number of nitrogens with two attached hydrogens (primary N) is 1. The Morgan fingerprint density at radius 1 is 0.842 bits per heavy atom. The van der Waals surface area contributed by atoms with Crippen LogP contribution >= 0.6 is 0 Å². The highest BCUT2D eigenvalue weighted by molar-refractivity contribution is 6.09. The summed E-state index contributed by atoms with van der Waals surface area (Å²) in [5, 5.41) is 4.99. The van der Waals surface area contributed by atoms with E-state index in [4.69, 9.17) is 5.73 Å². The van der Waals surface area contributed by atoms with Crippen molar-refractivity contribution in [2.75, 3.05) is 6.54 Å². The molecule has 0 saturated heterocycles. The van der Waals surface area contributed by atoms with E-state index in [0.717, 1.165) is 12.0 Å². The smallest absolute Gasteiger partial charge is 0.0330 e. The van der Waals surface area contributed by atoms with Gasteiger partial charge in [-0.15, -0.1) is 0 Å². The number of benzene rings is 3. The van der Waals surface area contributed by atoms with Crippen molar-refractivity contribution < 1.29 is 0 Å². The van der Waals surface area contributed by atoms with Gasteiger partial charge in [-0.25, -0.2) is 0 Å². The lowest BCUT2D eigenvalue weighted by Crippen LogP contribution is -1.95. The molecule has 0 heterocycles. The van der Waals surface area contributed by atoms with E-state index < -0.39 is 0 Å². The van der Waals surface area contributed by atoms with E-state index in [2.05, 4.69) is 66.4 Å². The van der Waals surface area contributed by atoms with Crippen LogP contribution in [0.25, 0.3) is 21.5 Å². The van der Waals surface area contributed by atoms with Gasteiger partial charge in [0.25, 0.3) is 0 Å². The fourth-order valence-corrected chi connectivity index (χ4v) is 2.39. The first kappa shape index (κ1) is 11.8. The Labute approximate surface area is 113 Å². The number of rotatable bonds is 1. The molecule has 19 heavy (non-hydrogen) atoms. The fraction of sp³-hybridized carbons (Fsp3) is 0.111. The van der Waals surface area contributed by atoms with Crippen LogP contribution < -0.4 is 5.73 Å². The Hall–Kier alpha value is -2.30. The van der Waals surface area contributed by atoms with Crippen molar-refractivity contribution in [2.45, 2.75) is 6.42 Å². The van der Waals surface area contributed by atoms with E-state index in [-0.39, 0.29) is 0 Å². The van der Waals surface area contributed by atoms with Crippen LogP contribution in [0.1, 0.15) is 12.0 Å². The van der Waals surface area contributed by atoms with Crippen LogP contribution in [0.2, 0.25) is 0 Å². The van der Waals surface area contributed by atoms with Gasteiger partial charge in [-0.1, -0.05) is 60.4 Å². The highest BCUT2D eigenvalue weighted by atomic mass is 14.5. The van der Waals surface area contributed by atoms with Crippen LogP contribution in [0.15, 0.2) is 54.6 Å². The topological polar surface area (TPSA) is 26.0 Å². The molecule has 2 N–H and O–H groups in total. The molecular formula is C18H15N. The van der Waals surface area contributed by atoms with Crippen molar-refractivity contribution in [3.05, 3.63) is 60.2 Å². The summed E-state index contributed by atoms with van der Waals surface area (Å²) in [4.78, 5) is 0. The maximum Gasteiger partial charge on any atom is 0.0330 e. The van der Waals surface area contributed by atoms with Crippen molar-refractivity contribution in [2.24, 2.45) is 5.73 Å². The Morgan fingerprint density at radius 3 is 2.32 bits per heavy atom. The maximum absolute atomic E-state index is 5.49. The second-order valence-electron chi connectivity index (χ2n) is 4.53. The van der Waals surface area contributed by atoms with Gasteiger partial charge in [0.2, 0.25) is 0 Å². The average molecular weight is 245 g/mol. The first-order chi connectivity index (χ1) is 9.40. The molecule has 1 heteroatoms. The average Bonchev–Trinajstić information content (AvgIpc) is 2.47. The van der Waals surface area contributed by atoms with Crippen LogP contribution in [-0.2, 0) is 0 Å². The monoisotopic (exact) mass is 245 g/mol. The number of hydrogen-bond acceptors (Lipinski definition) is 1. The van der Waals surface area contributed by atoms with Gasteiger partial charge in [0.15, 0.2) is 0 Å². The largest absolute Gasteiger partial charge is 0.330 e. The van der Waals surface area contributed by atoms with Gasteiger partial charge in [-0.05, 0) is 27.6 Å². The third kappa shape index (κ3) is 2.19. The zero-order valence-corrected chi connectivity index (χ0v) is 10.7. The molecular weight excluding hydrogens is 230 g/mol. The summed E-state index contributed by atoms with van der Waals surface area (Å²) < 4.78 is 0. The van der Waals surface area contributed by atoms with Crippen molar-refractivity contribution in [1.29, 1.82) is 0 Å². The van der Waals surface area contributed by atoms with E-state index >= 15 is 0 Å². The van der Waals surface area contributed by atoms with Gasteiger partial charge >= 0.3 is 0 Å². The van der Waals surface area contributed by atoms with Crippen LogP contribution in [0.4, 0.5) is 0 Å². The molecule has 3 aromatic carbocycles. The highest BCUT2D eigenvalue weighted by Gasteiger charge is 2.03. The molecule has 0 unspecified atom stereocenters. The summed E-state index contributed by atoms with van der Waals surface area (Å²) in [5.41, 5.74) is 6.58. The third-order valence-corrected chi connectivity index (χ3v) is 3.26. The van der Waals surface area contributed by atoms with E-state index in [1.807, 2.05) is 0 Å². The maximum atomic E-state index is 5.49. The van der Waals surface area contributed by atoms with E-state index in [0.29, 0.717) is 6.54 Å². The molecule has 0 spiro atoms. The Bertz CT molecular complexity index is 791. The van der Waals surface area contributed by atoms with Crippen molar-refractivity contribution >= 4 is 21.5 Å². The first-order valence-corrected chi connectivity index (χ1v) is 6.49. The third-order valence-electron chi connectivity index (χ3n) is 3.26. The summed E-state index contributed by atoms with van der Waals surface area (Å²) in [6.45, 7) is 0.610. The summed E-state index contributed by atoms with van der Waals surface area (Å²) in [6.07, 6.45) is 0.737. The Kier molecular flexibility index (Phi) is 3.18. The zero-order valence-electron chi connectivity index (χ0n) is 10.7. The van der Waals surface area contributed by atoms with Crippen LogP contribution in [-0.4, -0.2) is 6.54 Å². The lowest BCUT2D eigenvalue weighted by molar-refractivity contribution is 1.03. The van der Waals surface area contributed by atoms with Crippen molar-refractivity contribution in [3.8, 4) is 11.8 Å². The van der Waals surface area contributed by atoms with Crippen molar-refractivity contribution in [3.63, 3.8) is 0 Å². The molecule has 0 radical (unpaired) electrons. The number of hydrogen-bond donors (Lipinski definition) is 1. The second kappa shape index (κ2) is 5.14. The van der Waals surface area contributed by atoms with Gasteiger partial charge in [0, 0.05) is 18.5 Å². The number of fused-ring (bicyclic) bond motifs is 3. The lowest BCUT2D eigenvalue weighted by atomic mass is 9.97. The van der Waals surface area contributed by atoms with Crippen LogP contribution in [0.3, 0.4) is 0 Å². The van der Waals surface area contributed by atoms with E-state index in [1.165, 1.54) is 21.5 Å². The molecule has 0 aromatic heterocycles. The predicted octanol–water partition coefficient (Wildman–Crippen LogP) is 3.69. The van der Waals surface area contributed by atoms with Crippen LogP contribution in [0.5, 0.6) is 0 Å². The van der Waals surface area contributed by atoms with E-state index in [9.17, 15) is 0 Å². The van der Waals surface area contributed by atoms with Gasteiger partial charge in [-0.2, -0.15) is 0 Å². The summed E-state index contributed by atoms with van der Waals surface area (Å²) >= 11 is 0. The molecule has 3 rings (SSSR count). The van der Waals surface area contributed by atoms with Gasteiger partial charge in [0.05, 0.1) is 0 Å². The molecule has 0 aliphatic rings. The minimum Gasteiger partial charge on any atom is -0.330 e. The first-order valence-electron chi connectivity index (χ1n) is 6.49. The lowest BCUT2D eigenvalue weighted by Gasteiger charge is -2.06. The molecule has 0 saturated carbocycles. The molecule has 0 atom stereocenters. The minimum atomic E-state index is 0.610. The zero-order chi connectivity index (χ0) is 13.1. The Balaban J connectivity index is 2.34. The van der Waals surface area contributed by atoms with E-state index in [1.54, 1.807) is 0 Å². The van der Waals surface area contributed by atoms with Crippen molar-refractivity contribution in [1.82, 2.24) is 0 Å².